The molecule has 0 aromatic heterocycles. The van der Waals surface area contributed by atoms with Crippen LogP contribution in [-0.4, -0.2) is 30.1 Å². The van der Waals surface area contributed by atoms with Gasteiger partial charge in [-0.1, -0.05) is 104 Å². The Balaban J connectivity index is 1.73. The molecule has 0 bridgehead atoms. The SMILES string of the molecule is C=CCOC(=O)OC(C)[C@H]1C(=O)N[C@@H]1SC(c1ccccc1)(c1ccccc1)c1ccccc1. The lowest BCUT2D eigenvalue weighted by Crippen LogP contribution is -2.62. The molecule has 0 spiro atoms. The molecular weight excluding hydrogens is 446 g/mol. The maximum atomic E-state index is 12.6. The number of hydrogen-bond acceptors (Lipinski definition) is 5. The second-order valence-electron chi connectivity index (χ2n) is 8.02. The number of ether oxygens (including phenoxy) is 2. The second kappa shape index (κ2) is 10.6. The molecule has 3 atom stereocenters. The number of amides is 1. The van der Waals surface area contributed by atoms with Gasteiger partial charge in [-0.3, -0.25) is 4.79 Å². The molecule has 1 heterocycles. The molecular formula is C28H27NO4S. The van der Waals surface area contributed by atoms with Gasteiger partial charge in [-0.15, -0.1) is 11.8 Å². The summed E-state index contributed by atoms with van der Waals surface area (Å²) in [5.41, 5.74) is 3.28. The molecule has 4 rings (SSSR count). The van der Waals surface area contributed by atoms with Gasteiger partial charge in [0.25, 0.3) is 0 Å². The van der Waals surface area contributed by atoms with Gasteiger partial charge in [0.05, 0.1) is 10.1 Å². The lowest BCUT2D eigenvalue weighted by Gasteiger charge is -2.45. The van der Waals surface area contributed by atoms with Crippen molar-refractivity contribution in [2.24, 2.45) is 5.92 Å². The van der Waals surface area contributed by atoms with Crippen LogP contribution in [0.25, 0.3) is 0 Å². The van der Waals surface area contributed by atoms with Crippen LogP contribution in [0.1, 0.15) is 23.6 Å². The smallest absolute Gasteiger partial charge is 0.430 e. The summed E-state index contributed by atoms with van der Waals surface area (Å²) < 4.78 is 9.75. The molecule has 1 unspecified atom stereocenters. The van der Waals surface area contributed by atoms with Gasteiger partial charge >= 0.3 is 6.16 Å². The topological polar surface area (TPSA) is 64.6 Å². The third kappa shape index (κ3) is 4.73. The molecule has 0 saturated carbocycles. The number of benzene rings is 3. The van der Waals surface area contributed by atoms with E-state index in [9.17, 15) is 9.59 Å². The third-order valence-corrected chi connectivity index (χ3v) is 7.59. The van der Waals surface area contributed by atoms with Crippen molar-refractivity contribution in [2.45, 2.75) is 23.1 Å². The molecule has 1 amide bonds. The standard InChI is InChI=1S/C28H27NO4S/c1-3-19-32-27(31)33-20(2)24-25(30)29-26(24)34-28(21-13-7-4-8-14-21,22-15-9-5-10-16-22)23-17-11-6-12-18-23/h3-18,20,24,26H,1,19H2,2H3,(H,29,30)/t20?,24-,26+/m0/s1. The van der Waals surface area contributed by atoms with Crippen molar-refractivity contribution in [1.29, 1.82) is 0 Å². The van der Waals surface area contributed by atoms with E-state index in [-0.39, 0.29) is 17.9 Å². The quantitative estimate of drug-likeness (QED) is 0.192. The fraction of sp³-hybridized carbons (Fsp3) is 0.214. The maximum Gasteiger partial charge on any atom is 0.508 e. The van der Waals surface area contributed by atoms with Crippen molar-refractivity contribution in [1.82, 2.24) is 5.32 Å². The van der Waals surface area contributed by atoms with E-state index in [1.807, 2.05) is 54.6 Å². The highest BCUT2D eigenvalue weighted by Crippen LogP contribution is 2.52. The predicted octanol–water partition coefficient (Wildman–Crippen LogP) is 5.51. The highest BCUT2D eigenvalue weighted by atomic mass is 32.2. The molecule has 0 radical (unpaired) electrons. The van der Waals surface area contributed by atoms with Crippen LogP contribution in [0.2, 0.25) is 0 Å². The average molecular weight is 474 g/mol. The molecule has 3 aromatic carbocycles. The van der Waals surface area contributed by atoms with Gasteiger partial charge in [-0.05, 0) is 23.6 Å². The third-order valence-electron chi connectivity index (χ3n) is 5.87. The zero-order chi connectivity index (χ0) is 24.0. The van der Waals surface area contributed by atoms with E-state index in [2.05, 4.69) is 48.3 Å². The number of hydrogen-bond donors (Lipinski definition) is 1. The summed E-state index contributed by atoms with van der Waals surface area (Å²) in [5, 5.41) is 2.75. The van der Waals surface area contributed by atoms with Crippen LogP contribution in [-0.2, 0) is 19.0 Å². The summed E-state index contributed by atoms with van der Waals surface area (Å²) in [4.78, 5) is 24.6. The Kier molecular flexibility index (Phi) is 7.38. The van der Waals surface area contributed by atoms with Crippen LogP contribution in [0.3, 0.4) is 0 Å². The summed E-state index contributed by atoms with van der Waals surface area (Å²) in [5.74, 6) is -0.665. The van der Waals surface area contributed by atoms with Crippen molar-refractivity contribution in [3.05, 3.63) is 120 Å². The number of nitrogens with one attached hydrogen (secondary N) is 1. The normalized spacial score (nSPS) is 18.2. The van der Waals surface area contributed by atoms with Crippen LogP contribution in [0.15, 0.2) is 104 Å². The van der Waals surface area contributed by atoms with Crippen LogP contribution in [0, 0.1) is 5.92 Å². The molecule has 1 fully saturated rings. The first kappa shape index (κ1) is 23.6. The van der Waals surface area contributed by atoms with Crippen LogP contribution >= 0.6 is 11.8 Å². The molecule has 5 nitrogen and oxygen atoms in total. The molecule has 1 N–H and O–H groups in total. The maximum absolute atomic E-state index is 12.6. The first-order valence-electron chi connectivity index (χ1n) is 11.2. The first-order chi connectivity index (χ1) is 16.6. The van der Waals surface area contributed by atoms with Gasteiger partial charge in [-0.25, -0.2) is 4.79 Å². The van der Waals surface area contributed by atoms with Crippen molar-refractivity contribution in [2.75, 3.05) is 6.61 Å². The van der Waals surface area contributed by atoms with Gasteiger partial charge < -0.3 is 14.8 Å². The Hall–Kier alpha value is -3.51. The Morgan fingerprint density at radius 1 is 0.971 bits per heavy atom. The highest BCUT2D eigenvalue weighted by molar-refractivity contribution is 8.01. The van der Waals surface area contributed by atoms with E-state index in [1.54, 1.807) is 18.7 Å². The fourth-order valence-corrected chi connectivity index (χ4v) is 6.09. The van der Waals surface area contributed by atoms with E-state index in [4.69, 9.17) is 9.47 Å². The van der Waals surface area contributed by atoms with Gasteiger partial charge in [0.1, 0.15) is 18.6 Å². The number of thioether (sulfide) groups is 1. The van der Waals surface area contributed by atoms with E-state index < -0.39 is 22.9 Å². The summed E-state index contributed by atoms with van der Waals surface area (Å²) in [6, 6.07) is 30.8. The number of β-lactam (4-membered cyclic amide) rings is 1. The van der Waals surface area contributed by atoms with Crippen molar-refractivity contribution >= 4 is 23.8 Å². The molecule has 1 aliphatic rings. The molecule has 1 aliphatic heterocycles. The van der Waals surface area contributed by atoms with Crippen LogP contribution < -0.4 is 5.32 Å². The van der Waals surface area contributed by atoms with E-state index in [0.29, 0.717) is 0 Å². The Labute approximate surface area is 204 Å². The first-order valence-corrected chi connectivity index (χ1v) is 12.0. The minimum absolute atomic E-state index is 0.0553. The lowest BCUT2D eigenvalue weighted by atomic mass is 9.84. The van der Waals surface area contributed by atoms with Gasteiger partial charge in [0.2, 0.25) is 5.91 Å². The Morgan fingerprint density at radius 2 is 1.44 bits per heavy atom. The molecule has 0 aliphatic carbocycles. The predicted molar refractivity (Wildman–Crippen MR) is 134 cm³/mol. The van der Waals surface area contributed by atoms with Gasteiger partial charge in [0, 0.05) is 0 Å². The van der Waals surface area contributed by atoms with Gasteiger partial charge in [0.15, 0.2) is 0 Å². The minimum atomic E-state index is -0.809. The number of carbonyl (C=O) groups is 2. The second-order valence-corrected chi connectivity index (χ2v) is 9.38. The Bertz CT molecular complexity index is 1020. The van der Waals surface area contributed by atoms with Crippen molar-refractivity contribution in [3.63, 3.8) is 0 Å². The van der Waals surface area contributed by atoms with E-state index in [0.717, 1.165) is 16.7 Å². The molecule has 6 heteroatoms. The molecule has 1 saturated heterocycles. The number of rotatable bonds is 9. The molecule has 3 aromatic rings. The van der Waals surface area contributed by atoms with Gasteiger partial charge in [-0.2, -0.15) is 0 Å². The lowest BCUT2D eigenvalue weighted by molar-refractivity contribution is -0.137. The van der Waals surface area contributed by atoms with Crippen molar-refractivity contribution in [3.8, 4) is 0 Å². The van der Waals surface area contributed by atoms with Crippen LogP contribution in [0.5, 0.6) is 0 Å². The molecule has 34 heavy (non-hydrogen) atoms. The summed E-state index contributed by atoms with van der Waals surface area (Å²) >= 11 is 1.64. The average Bonchev–Trinajstić information content (AvgIpc) is 2.86. The van der Waals surface area contributed by atoms with E-state index >= 15 is 0 Å². The Morgan fingerprint density at radius 3 is 1.85 bits per heavy atom. The fourth-order valence-electron chi connectivity index (χ4n) is 4.23. The molecule has 174 valence electrons. The van der Waals surface area contributed by atoms with E-state index in [1.165, 1.54) is 6.08 Å². The zero-order valence-corrected chi connectivity index (χ0v) is 19.7. The van der Waals surface area contributed by atoms with Crippen LogP contribution in [0.4, 0.5) is 4.79 Å². The summed E-state index contributed by atoms with van der Waals surface area (Å²) in [7, 11) is 0. The number of carbonyl (C=O) groups excluding carboxylic acids is 2. The largest absolute Gasteiger partial charge is 0.508 e. The monoisotopic (exact) mass is 473 g/mol. The highest BCUT2D eigenvalue weighted by Gasteiger charge is 2.50. The minimum Gasteiger partial charge on any atom is -0.430 e. The zero-order valence-electron chi connectivity index (χ0n) is 18.9. The van der Waals surface area contributed by atoms with Crippen molar-refractivity contribution < 1.29 is 19.1 Å². The summed E-state index contributed by atoms with van der Waals surface area (Å²) in [6.45, 7) is 5.30. The summed E-state index contributed by atoms with van der Waals surface area (Å²) in [6.07, 6.45) is 0.00839.